The van der Waals surface area contributed by atoms with Gasteiger partial charge >= 0.3 is 0 Å². The van der Waals surface area contributed by atoms with Crippen molar-refractivity contribution in [3.63, 3.8) is 0 Å². The van der Waals surface area contributed by atoms with Crippen molar-refractivity contribution in [2.45, 2.75) is 30.7 Å². The molecule has 11 heteroatoms. The maximum absolute atomic E-state index is 13.9. The average Bonchev–Trinajstić information content (AvgIpc) is 3.35. The fourth-order valence-electron chi connectivity index (χ4n) is 4.46. The number of benzene rings is 2. The van der Waals surface area contributed by atoms with Gasteiger partial charge in [0, 0.05) is 25.3 Å². The monoisotopic (exact) mass is 522 g/mol. The first-order valence-electron chi connectivity index (χ1n) is 12.0. The SMILES string of the molecule is Cc1ccc(S(=O)(=O)n2ccc3c(NC4CCCN(C(=O)CNc5ccccc5F)C4)ncnc32)cc1. The standard InChI is InChI=1S/C26H27FN6O3S/c1-18-8-10-20(11-9-18)37(35,36)33-14-12-21-25(29-17-30-26(21)33)31-19-5-4-13-32(16-19)24(34)15-28-23-7-3-2-6-22(23)27/h2-3,6-12,14,17,19,28H,4-5,13,15-16H2,1H3,(H,29,30,31). The number of aryl methyl sites for hydroxylation is 1. The average molecular weight is 523 g/mol. The molecule has 4 aromatic rings. The van der Waals surface area contributed by atoms with Gasteiger partial charge in [0.05, 0.1) is 22.5 Å². The number of piperidine rings is 1. The molecule has 3 heterocycles. The summed E-state index contributed by atoms with van der Waals surface area (Å²) in [5.41, 5.74) is 1.53. The van der Waals surface area contributed by atoms with Crippen molar-refractivity contribution in [1.29, 1.82) is 0 Å². The second-order valence-corrected chi connectivity index (χ2v) is 10.9. The molecule has 192 valence electrons. The Morgan fingerprint density at radius 1 is 1.11 bits per heavy atom. The van der Waals surface area contributed by atoms with Crippen molar-refractivity contribution >= 4 is 38.5 Å². The maximum atomic E-state index is 13.9. The molecule has 0 aliphatic carbocycles. The summed E-state index contributed by atoms with van der Waals surface area (Å²) in [5, 5.41) is 6.81. The first kappa shape index (κ1) is 24.7. The Balaban J connectivity index is 1.30. The van der Waals surface area contributed by atoms with Crippen LogP contribution in [0.4, 0.5) is 15.9 Å². The molecule has 0 radical (unpaired) electrons. The van der Waals surface area contributed by atoms with Crippen molar-refractivity contribution in [3.8, 4) is 0 Å². The summed E-state index contributed by atoms with van der Waals surface area (Å²) in [6.07, 6.45) is 4.42. The van der Waals surface area contributed by atoms with E-state index in [9.17, 15) is 17.6 Å². The first-order valence-corrected chi connectivity index (χ1v) is 13.4. The zero-order valence-electron chi connectivity index (χ0n) is 20.3. The molecule has 0 saturated carbocycles. The zero-order valence-corrected chi connectivity index (χ0v) is 21.1. The Labute approximate surface area is 214 Å². The molecule has 2 N–H and O–H groups in total. The van der Waals surface area contributed by atoms with Gasteiger partial charge < -0.3 is 15.5 Å². The lowest BCUT2D eigenvalue weighted by Gasteiger charge is -2.33. The number of likely N-dealkylation sites (tertiary alicyclic amines) is 1. The summed E-state index contributed by atoms with van der Waals surface area (Å²) in [7, 11) is -3.83. The summed E-state index contributed by atoms with van der Waals surface area (Å²) in [6, 6.07) is 14.5. The molecule has 2 aromatic heterocycles. The number of amides is 1. The van der Waals surface area contributed by atoms with Crippen LogP contribution >= 0.6 is 0 Å². The van der Waals surface area contributed by atoms with E-state index >= 15 is 0 Å². The van der Waals surface area contributed by atoms with E-state index in [1.165, 1.54) is 18.6 Å². The van der Waals surface area contributed by atoms with Crippen LogP contribution in [0.2, 0.25) is 0 Å². The minimum absolute atomic E-state index is 0.00880. The third-order valence-corrected chi connectivity index (χ3v) is 8.13. The molecule has 1 aliphatic rings. The lowest BCUT2D eigenvalue weighted by Crippen LogP contribution is -2.47. The highest BCUT2D eigenvalue weighted by molar-refractivity contribution is 7.90. The first-order chi connectivity index (χ1) is 17.8. The third-order valence-electron chi connectivity index (χ3n) is 6.44. The summed E-state index contributed by atoms with van der Waals surface area (Å²) in [5.74, 6) is -0.0258. The molecule has 37 heavy (non-hydrogen) atoms. The number of carbonyl (C=O) groups is 1. The van der Waals surface area contributed by atoms with Crippen LogP contribution in [0.5, 0.6) is 0 Å². The van der Waals surface area contributed by atoms with E-state index in [-0.39, 0.29) is 34.7 Å². The van der Waals surface area contributed by atoms with Crippen LogP contribution < -0.4 is 10.6 Å². The van der Waals surface area contributed by atoms with E-state index in [2.05, 4.69) is 20.6 Å². The van der Waals surface area contributed by atoms with Crippen LogP contribution in [-0.2, 0) is 14.8 Å². The number of nitrogens with zero attached hydrogens (tertiary/aromatic N) is 4. The highest BCUT2D eigenvalue weighted by Crippen LogP contribution is 2.26. The molecule has 1 saturated heterocycles. The van der Waals surface area contributed by atoms with E-state index in [1.54, 1.807) is 53.4 Å². The second-order valence-electron chi connectivity index (χ2n) is 9.05. The fourth-order valence-corrected chi connectivity index (χ4v) is 5.76. The highest BCUT2D eigenvalue weighted by Gasteiger charge is 2.26. The second kappa shape index (κ2) is 10.2. The molecule has 1 amide bonds. The molecule has 1 aliphatic heterocycles. The molecule has 1 atom stereocenters. The number of rotatable bonds is 7. The van der Waals surface area contributed by atoms with Crippen LogP contribution in [-0.4, -0.2) is 58.8 Å². The van der Waals surface area contributed by atoms with Gasteiger partial charge in [-0.2, -0.15) is 0 Å². The lowest BCUT2D eigenvalue weighted by atomic mass is 10.1. The van der Waals surface area contributed by atoms with Crippen LogP contribution in [0.15, 0.2) is 72.0 Å². The number of hydrogen-bond acceptors (Lipinski definition) is 7. The summed E-state index contributed by atoms with van der Waals surface area (Å²) < 4.78 is 41.5. The largest absolute Gasteiger partial charge is 0.374 e. The molecular weight excluding hydrogens is 495 g/mol. The Morgan fingerprint density at radius 2 is 1.89 bits per heavy atom. The minimum Gasteiger partial charge on any atom is -0.374 e. The highest BCUT2D eigenvalue weighted by atomic mass is 32.2. The summed E-state index contributed by atoms with van der Waals surface area (Å²) in [6.45, 7) is 2.95. The minimum atomic E-state index is -3.83. The van der Waals surface area contributed by atoms with Crippen LogP contribution in [0, 0.1) is 12.7 Å². The van der Waals surface area contributed by atoms with E-state index in [0.29, 0.717) is 24.3 Å². The number of hydrogen-bond donors (Lipinski definition) is 2. The van der Waals surface area contributed by atoms with Gasteiger partial charge in [-0.05, 0) is 50.1 Å². The Hall–Kier alpha value is -3.99. The topological polar surface area (TPSA) is 109 Å². The molecule has 5 rings (SSSR count). The van der Waals surface area contributed by atoms with Crippen molar-refractivity contribution in [1.82, 2.24) is 18.8 Å². The molecule has 0 spiro atoms. The van der Waals surface area contributed by atoms with Gasteiger partial charge in [-0.3, -0.25) is 4.79 Å². The Kier molecular flexibility index (Phi) is 6.79. The van der Waals surface area contributed by atoms with Gasteiger partial charge in [0.25, 0.3) is 10.0 Å². The van der Waals surface area contributed by atoms with E-state index in [1.807, 2.05) is 6.92 Å². The third kappa shape index (κ3) is 5.12. The number of aromatic nitrogens is 3. The number of halogens is 1. The summed E-state index contributed by atoms with van der Waals surface area (Å²) >= 11 is 0. The van der Waals surface area contributed by atoms with Crippen molar-refractivity contribution in [3.05, 3.63) is 78.5 Å². The maximum Gasteiger partial charge on any atom is 0.269 e. The lowest BCUT2D eigenvalue weighted by molar-refractivity contribution is -0.130. The smallest absolute Gasteiger partial charge is 0.269 e. The molecule has 0 bridgehead atoms. The number of para-hydroxylation sites is 1. The predicted molar refractivity (Wildman–Crippen MR) is 139 cm³/mol. The van der Waals surface area contributed by atoms with Crippen LogP contribution in [0.3, 0.4) is 0 Å². The quantitative estimate of drug-likeness (QED) is 0.382. The van der Waals surface area contributed by atoms with Gasteiger partial charge in [0.15, 0.2) is 5.65 Å². The number of nitrogens with one attached hydrogen (secondary N) is 2. The molecular formula is C26H27FN6O3S. The van der Waals surface area contributed by atoms with Gasteiger partial charge in [0.2, 0.25) is 5.91 Å². The molecule has 1 unspecified atom stereocenters. The van der Waals surface area contributed by atoms with Crippen LogP contribution in [0.1, 0.15) is 18.4 Å². The van der Waals surface area contributed by atoms with Crippen molar-refractivity contribution < 1.29 is 17.6 Å². The van der Waals surface area contributed by atoms with Crippen LogP contribution in [0.25, 0.3) is 11.0 Å². The number of anilines is 2. The molecule has 2 aromatic carbocycles. The van der Waals surface area contributed by atoms with E-state index in [0.717, 1.165) is 22.4 Å². The van der Waals surface area contributed by atoms with Gasteiger partial charge in [0.1, 0.15) is 18.0 Å². The Bertz CT molecular complexity index is 1540. The number of fused-ring (bicyclic) bond motifs is 1. The van der Waals surface area contributed by atoms with Gasteiger partial charge in [-0.1, -0.05) is 29.8 Å². The predicted octanol–water partition coefficient (Wildman–Crippen LogP) is 3.63. The fraction of sp³-hybridized carbons (Fsp3) is 0.269. The van der Waals surface area contributed by atoms with Crippen molar-refractivity contribution in [2.75, 3.05) is 30.3 Å². The normalized spacial score (nSPS) is 16.1. The molecule has 9 nitrogen and oxygen atoms in total. The Morgan fingerprint density at radius 3 is 2.68 bits per heavy atom. The summed E-state index contributed by atoms with van der Waals surface area (Å²) in [4.78, 5) is 23.3. The van der Waals surface area contributed by atoms with Crippen molar-refractivity contribution in [2.24, 2.45) is 0 Å². The zero-order chi connectivity index (χ0) is 26.0. The molecule has 1 fully saturated rings. The number of carbonyl (C=O) groups excluding carboxylic acids is 1. The van der Waals surface area contributed by atoms with E-state index in [4.69, 9.17) is 0 Å². The van der Waals surface area contributed by atoms with Gasteiger partial charge in [-0.15, -0.1) is 0 Å². The van der Waals surface area contributed by atoms with Gasteiger partial charge in [-0.25, -0.2) is 26.7 Å². The van der Waals surface area contributed by atoms with E-state index < -0.39 is 15.8 Å².